The van der Waals surface area contributed by atoms with Gasteiger partial charge in [-0.3, -0.25) is 14.4 Å². The Hall–Kier alpha value is -3.69. The van der Waals surface area contributed by atoms with Gasteiger partial charge < -0.3 is 29.1 Å². The molecule has 0 heterocycles. The molecule has 15 nitrogen and oxygen atoms in total. The monoisotopic (exact) mass is 809 g/mol. The molecule has 7 aliphatic rings. The van der Waals surface area contributed by atoms with E-state index in [2.05, 4.69) is 15.5 Å². The van der Waals surface area contributed by atoms with E-state index >= 15 is 14.4 Å². The predicted molar refractivity (Wildman–Crippen MR) is 207 cm³/mol. The van der Waals surface area contributed by atoms with E-state index in [4.69, 9.17) is 24.0 Å². The number of carbonyl (C=O) groups is 6. The van der Waals surface area contributed by atoms with Crippen molar-refractivity contribution in [2.75, 3.05) is 33.0 Å². The van der Waals surface area contributed by atoms with Crippen LogP contribution in [-0.4, -0.2) is 90.5 Å². The van der Waals surface area contributed by atoms with Crippen molar-refractivity contribution in [3.63, 3.8) is 0 Å². The van der Waals surface area contributed by atoms with Crippen LogP contribution >= 0.6 is 0 Å². The molecule has 0 aromatic rings. The maximum Gasteiger partial charge on any atom is 0.331 e. The molecule has 0 aromatic heterocycles. The van der Waals surface area contributed by atoms with Crippen LogP contribution in [-0.2, 0) is 52.8 Å². The van der Waals surface area contributed by atoms with E-state index in [1.54, 1.807) is 0 Å². The van der Waals surface area contributed by atoms with Crippen LogP contribution in [0.3, 0.4) is 0 Å². The summed E-state index contributed by atoms with van der Waals surface area (Å²) in [5.74, 6) is -5.08. The number of fused-ring (bicyclic) bond motifs is 12. The number of aliphatic hydroxyl groups excluding tert-OH is 1. The van der Waals surface area contributed by atoms with Crippen molar-refractivity contribution in [3.8, 4) is 0 Å². The fourth-order valence-corrected chi connectivity index (χ4v) is 13.2. The van der Waals surface area contributed by atoms with E-state index in [-0.39, 0.29) is 102 Å². The Balaban J connectivity index is 1.29. The molecule has 7 aliphatic carbocycles. The normalized spacial score (nSPS) is 39.5. The third-order valence-corrected chi connectivity index (χ3v) is 15.1. The first-order chi connectivity index (χ1) is 27.9. The first-order valence-electron chi connectivity index (χ1n) is 21.5. The molecule has 15 atom stereocenters. The number of aliphatic hydroxyl groups is 1. The molecule has 1 N–H and O–H groups in total. The molecular formula is C43H59N3O12. The fraction of sp³-hybridized carbons (Fsp3) is 0.791. The average Bonchev–Trinajstić information content (AvgIpc) is 3.77. The number of ether oxygens (including phenoxy) is 2. The molecule has 318 valence electrons. The van der Waals surface area contributed by atoms with Crippen molar-refractivity contribution in [1.29, 1.82) is 0 Å². The first kappa shape index (κ1) is 42.4. The molecule has 7 saturated carbocycles. The summed E-state index contributed by atoms with van der Waals surface area (Å²) in [4.78, 5) is 95.7. The molecule has 15 unspecified atom stereocenters. The quantitative estimate of drug-likeness (QED) is 0.157. The maximum atomic E-state index is 15.1. The lowest BCUT2D eigenvalue weighted by Gasteiger charge is -2.49. The highest BCUT2D eigenvalue weighted by Crippen LogP contribution is 2.70. The molecule has 0 amide bonds. The molecule has 0 spiro atoms. The molecule has 7 fully saturated rings. The Morgan fingerprint density at radius 2 is 0.845 bits per heavy atom. The molecule has 7 rings (SSSR count). The van der Waals surface area contributed by atoms with Gasteiger partial charge in [-0.15, -0.1) is 0 Å². The minimum Gasteiger partial charge on any atom is -0.390 e. The Morgan fingerprint density at radius 1 is 0.534 bits per heavy atom. The summed E-state index contributed by atoms with van der Waals surface area (Å²) in [7, 11) is 0. The fourth-order valence-electron chi connectivity index (χ4n) is 13.2. The van der Waals surface area contributed by atoms with E-state index < -0.39 is 42.3 Å². The summed E-state index contributed by atoms with van der Waals surface area (Å²) in [6.07, 6.45) is 5.39. The summed E-state index contributed by atoms with van der Waals surface area (Å²) >= 11 is 0. The van der Waals surface area contributed by atoms with Gasteiger partial charge in [0.15, 0.2) is 0 Å². The van der Waals surface area contributed by atoms with Crippen LogP contribution in [0.2, 0.25) is 0 Å². The van der Waals surface area contributed by atoms with Crippen molar-refractivity contribution >= 4 is 52.4 Å². The number of hydrogen-bond acceptors (Lipinski definition) is 15. The second-order valence-electron chi connectivity index (χ2n) is 17.8. The lowest BCUT2D eigenvalue weighted by atomic mass is 9.53. The highest BCUT2D eigenvalue weighted by Gasteiger charge is 2.73. The van der Waals surface area contributed by atoms with Gasteiger partial charge in [0, 0.05) is 87.2 Å². The lowest BCUT2D eigenvalue weighted by Crippen LogP contribution is -2.50. The summed E-state index contributed by atoms with van der Waals surface area (Å²) in [5.41, 5.74) is 1.60. The number of nitrogens with zero attached hydrogens (tertiary/aromatic N) is 3. The molecule has 15 heteroatoms. The Kier molecular flexibility index (Phi) is 13.1. The SMILES string of the molecule is CCOC/C(=N/OC(C)=O)C1CCC2C(=O)C3C4C5CC(/C(CO)=N/OC(C)=O)CCC5C(=O)C4C4C5CC(/C(COCC)=N\OC(C)=O)CCC5C(=O)C4C3C2C1. The van der Waals surface area contributed by atoms with Crippen LogP contribution in [0.15, 0.2) is 15.5 Å². The van der Waals surface area contributed by atoms with E-state index in [0.29, 0.717) is 88.1 Å². The van der Waals surface area contributed by atoms with Crippen molar-refractivity contribution in [1.82, 2.24) is 0 Å². The molecule has 0 saturated heterocycles. The van der Waals surface area contributed by atoms with Gasteiger partial charge in [-0.2, -0.15) is 0 Å². The van der Waals surface area contributed by atoms with Crippen molar-refractivity contribution < 1.29 is 57.9 Å². The van der Waals surface area contributed by atoms with Crippen LogP contribution in [0.4, 0.5) is 0 Å². The van der Waals surface area contributed by atoms with E-state index in [1.165, 1.54) is 20.8 Å². The highest BCUT2D eigenvalue weighted by molar-refractivity contribution is 5.98. The first-order valence-corrected chi connectivity index (χ1v) is 21.5. The summed E-state index contributed by atoms with van der Waals surface area (Å²) < 4.78 is 11.5. The molecular weight excluding hydrogens is 750 g/mol. The van der Waals surface area contributed by atoms with Crippen LogP contribution in [0.5, 0.6) is 0 Å². The van der Waals surface area contributed by atoms with E-state index in [9.17, 15) is 19.5 Å². The second kappa shape index (κ2) is 17.9. The Morgan fingerprint density at radius 3 is 1.14 bits per heavy atom. The zero-order valence-corrected chi connectivity index (χ0v) is 34.3. The lowest BCUT2D eigenvalue weighted by molar-refractivity contribution is -0.142. The maximum absolute atomic E-state index is 15.1. The zero-order valence-electron chi connectivity index (χ0n) is 34.3. The van der Waals surface area contributed by atoms with Gasteiger partial charge in [0.2, 0.25) is 0 Å². The zero-order chi connectivity index (χ0) is 41.4. The van der Waals surface area contributed by atoms with E-state index in [1.807, 2.05) is 13.8 Å². The number of rotatable bonds is 13. The van der Waals surface area contributed by atoms with Crippen LogP contribution in [0.1, 0.15) is 92.4 Å². The third kappa shape index (κ3) is 7.87. The van der Waals surface area contributed by atoms with Gasteiger partial charge >= 0.3 is 17.9 Å². The third-order valence-electron chi connectivity index (χ3n) is 15.1. The number of oxime groups is 3. The number of hydrogen-bond donors (Lipinski definition) is 1. The van der Waals surface area contributed by atoms with Crippen LogP contribution in [0.25, 0.3) is 0 Å². The second-order valence-corrected chi connectivity index (χ2v) is 17.8. The smallest absolute Gasteiger partial charge is 0.331 e. The number of carbonyl (C=O) groups excluding carboxylic acids is 6. The van der Waals surface area contributed by atoms with Gasteiger partial charge in [0.25, 0.3) is 0 Å². The summed E-state index contributed by atoms with van der Waals surface area (Å²) in [6.45, 7) is 8.50. The van der Waals surface area contributed by atoms with Crippen molar-refractivity contribution in [3.05, 3.63) is 0 Å². The minimum absolute atomic E-state index is 0.113. The van der Waals surface area contributed by atoms with E-state index in [0.717, 1.165) is 0 Å². The largest absolute Gasteiger partial charge is 0.390 e. The van der Waals surface area contributed by atoms with Gasteiger partial charge in [-0.25, -0.2) is 14.4 Å². The van der Waals surface area contributed by atoms with Gasteiger partial charge in [0.1, 0.15) is 17.3 Å². The van der Waals surface area contributed by atoms with Crippen LogP contribution in [0, 0.1) is 88.8 Å². The Bertz CT molecular complexity index is 1690. The highest BCUT2D eigenvalue weighted by atomic mass is 16.7. The minimum atomic E-state index is -0.592. The van der Waals surface area contributed by atoms with Gasteiger partial charge in [-0.1, -0.05) is 15.5 Å². The van der Waals surface area contributed by atoms with Gasteiger partial charge in [0.05, 0.1) is 37.0 Å². The average molecular weight is 810 g/mol. The molecule has 0 radical (unpaired) electrons. The topological polar surface area (TPSA) is 206 Å². The number of Topliss-reactive ketones (excluding diaryl/α,β-unsaturated/α-hetero) is 3. The van der Waals surface area contributed by atoms with Crippen molar-refractivity contribution in [2.24, 2.45) is 104 Å². The Labute approximate surface area is 339 Å². The van der Waals surface area contributed by atoms with Crippen LogP contribution < -0.4 is 0 Å². The molecule has 0 aliphatic heterocycles. The molecule has 0 aromatic carbocycles. The summed E-state index contributed by atoms with van der Waals surface area (Å²) in [5, 5.41) is 22.8. The predicted octanol–water partition coefficient (Wildman–Crippen LogP) is 4.37. The van der Waals surface area contributed by atoms with Crippen molar-refractivity contribution in [2.45, 2.75) is 92.4 Å². The van der Waals surface area contributed by atoms with Gasteiger partial charge in [-0.05, 0) is 107 Å². The number of ketones is 3. The standard InChI is InChI=1S/C43H59N3O12/c1-6-54-18-33(45-57-21(4)49)24-9-12-27-30(15-24)37-39(42(27)52)35-29-14-23(32(17-47)44-56-20(3)48)8-11-26(29)41(51)38(35)36-31-16-25(10-13-28(31)43(53)40(36)37)34(19-55-7-2)46-58-22(5)50/h23-31,35-40,47H,6-19H2,1-5H3/b44-32+,45-33-,46-34-. The summed E-state index contributed by atoms with van der Waals surface area (Å²) in [6, 6.07) is 0. The molecule has 58 heavy (non-hydrogen) atoms. The molecule has 0 bridgehead atoms.